The highest BCUT2D eigenvalue weighted by Gasteiger charge is 2.32. The number of amides is 1. The number of allylic oxidation sites excluding steroid dienone is 9. The molecule has 0 fully saturated rings. The maximum absolute atomic E-state index is 13.1. The number of hydrogen-bond donors (Lipinski definition) is 2. The zero-order valence-electron chi connectivity index (χ0n) is 30.1. The Bertz CT molecular complexity index is 1830. The molecule has 2 aromatic carbocycles. The maximum Gasteiger partial charge on any atom is 0.292 e. The molecule has 10 heteroatoms. The number of methoxy groups -OCH3 is 1. The summed E-state index contributed by atoms with van der Waals surface area (Å²) in [6.45, 7) is 4.70. The summed E-state index contributed by atoms with van der Waals surface area (Å²) in [6, 6.07) is 14.8. The first kappa shape index (κ1) is 37.1. The van der Waals surface area contributed by atoms with Crippen molar-refractivity contribution in [3.05, 3.63) is 119 Å². The summed E-state index contributed by atoms with van der Waals surface area (Å²) in [5.41, 5.74) is 10.7. The lowest BCUT2D eigenvalue weighted by atomic mass is 9.83. The number of aromatic nitrogens is 1. The van der Waals surface area contributed by atoms with Crippen LogP contribution < -0.4 is 10.6 Å². The van der Waals surface area contributed by atoms with Gasteiger partial charge in [-0.1, -0.05) is 62.2 Å². The Hall–Kier alpha value is -5.19. The van der Waals surface area contributed by atoms with Gasteiger partial charge < -0.3 is 24.3 Å². The number of fused-ring (bicyclic) bond motifs is 4. The van der Waals surface area contributed by atoms with Gasteiger partial charge in [0, 0.05) is 36.2 Å². The Morgan fingerprint density at radius 2 is 1.90 bits per heavy atom. The molecule has 268 valence electrons. The van der Waals surface area contributed by atoms with E-state index in [1.54, 1.807) is 6.20 Å². The molecule has 3 aliphatic rings. The zero-order valence-corrected chi connectivity index (χ0v) is 30.1. The molecular weight excluding hydrogens is 646 g/mol. The summed E-state index contributed by atoms with van der Waals surface area (Å²) in [4.78, 5) is 31.5. The van der Waals surface area contributed by atoms with E-state index in [9.17, 15) is 4.79 Å². The highest BCUT2D eigenvalue weighted by Crippen LogP contribution is 2.43. The van der Waals surface area contributed by atoms with Crippen LogP contribution in [0.5, 0.6) is 0 Å². The average molecular weight is 695 g/mol. The zero-order chi connectivity index (χ0) is 36.2. The van der Waals surface area contributed by atoms with Crippen molar-refractivity contribution in [2.75, 3.05) is 31.9 Å². The van der Waals surface area contributed by atoms with Crippen molar-refractivity contribution in [1.29, 1.82) is 0 Å². The number of benzene rings is 2. The van der Waals surface area contributed by atoms with Crippen molar-refractivity contribution >= 4 is 29.3 Å². The molecule has 1 aliphatic carbocycles. The lowest BCUT2D eigenvalue weighted by Gasteiger charge is -2.23. The number of carbonyl (C=O) groups is 2. The van der Waals surface area contributed by atoms with Gasteiger partial charge >= 0.3 is 0 Å². The molecule has 1 aromatic heterocycles. The van der Waals surface area contributed by atoms with E-state index in [1.165, 1.54) is 31.7 Å². The highest BCUT2D eigenvalue weighted by molar-refractivity contribution is 5.96. The summed E-state index contributed by atoms with van der Waals surface area (Å²) >= 11 is 0. The summed E-state index contributed by atoms with van der Waals surface area (Å²) in [5.74, 6) is 1.79. The second-order valence-corrected chi connectivity index (χ2v) is 12.4. The van der Waals surface area contributed by atoms with E-state index >= 15 is 0 Å². The molecule has 10 nitrogen and oxygen atoms in total. The van der Waals surface area contributed by atoms with Crippen LogP contribution in [-0.4, -0.2) is 38.6 Å². The van der Waals surface area contributed by atoms with Crippen molar-refractivity contribution in [3.63, 3.8) is 0 Å². The minimum absolute atomic E-state index is 0.0301. The molecule has 51 heavy (non-hydrogen) atoms. The summed E-state index contributed by atoms with van der Waals surface area (Å²) < 4.78 is 12.5. The SMILES string of the molecule is CCC1=CC(C2=C[O+](OOC)C(CC)=C(C3CCCCC(=O)Nc4cc(NC)ccc4-c4cccc3c4)C=C2)=C(c2cnco2)CC1.COC=O. The largest absolute Gasteiger partial charge is 0.471 e. The third-order valence-electron chi connectivity index (χ3n) is 9.37. The van der Waals surface area contributed by atoms with E-state index in [1.807, 2.05) is 25.4 Å². The van der Waals surface area contributed by atoms with Gasteiger partial charge in [-0.25, -0.2) is 4.98 Å². The number of carbonyl (C=O) groups excluding carboxylic acids is 2. The second-order valence-electron chi connectivity index (χ2n) is 12.4. The van der Waals surface area contributed by atoms with Crippen LogP contribution in [0.2, 0.25) is 0 Å². The number of nitrogens with zero attached hydrogens (tertiary/aromatic N) is 1. The van der Waals surface area contributed by atoms with Gasteiger partial charge in [-0.2, -0.15) is 4.89 Å². The van der Waals surface area contributed by atoms with Crippen LogP contribution in [0.25, 0.3) is 16.7 Å². The Kier molecular flexibility index (Phi) is 13.2. The lowest BCUT2D eigenvalue weighted by molar-refractivity contribution is -0.559. The fourth-order valence-electron chi connectivity index (χ4n) is 6.83. The Morgan fingerprint density at radius 1 is 1.06 bits per heavy atom. The quantitative estimate of drug-likeness (QED) is 0.0986. The van der Waals surface area contributed by atoms with Crippen LogP contribution in [0.15, 0.2) is 112 Å². The smallest absolute Gasteiger partial charge is 0.292 e. The molecule has 3 aromatic rings. The molecule has 1 amide bonds. The number of oxazole rings is 1. The van der Waals surface area contributed by atoms with Crippen molar-refractivity contribution in [2.24, 2.45) is 0 Å². The van der Waals surface area contributed by atoms with Gasteiger partial charge in [0.15, 0.2) is 12.2 Å². The predicted octanol–water partition coefficient (Wildman–Crippen LogP) is 9.52. The van der Waals surface area contributed by atoms with Gasteiger partial charge in [0.05, 0.1) is 43.7 Å². The molecular formula is C41H48N3O7+. The molecule has 2 aliphatic heterocycles. The number of ether oxygens (including phenoxy) is 1. The summed E-state index contributed by atoms with van der Waals surface area (Å²) in [5, 5.41) is 12.2. The van der Waals surface area contributed by atoms with E-state index in [-0.39, 0.29) is 11.8 Å². The highest BCUT2D eigenvalue weighted by atomic mass is 17.6. The van der Waals surface area contributed by atoms with Gasteiger partial charge in [0.1, 0.15) is 5.04 Å². The van der Waals surface area contributed by atoms with Gasteiger partial charge in [0.2, 0.25) is 5.91 Å². The number of rotatable bonds is 9. The molecule has 3 heterocycles. The van der Waals surface area contributed by atoms with E-state index in [0.717, 1.165) is 94.8 Å². The van der Waals surface area contributed by atoms with Crippen LogP contribution in [0.4, 0.5) is 11.4 Å². The first-order chi connectivity index (χ1) is 24.9. The molecule has 1 unspecified atom stereocenters. The fourth-order valence-corrected chi connectivity index (χ4v) is 6.83. The molecule has 0 spiro atoms. The topological polar surface area (TPSA) is 115 Å². The second kappa shape index (κ2) is 18.2. The monoisotopic (exact) mass is 694 g/mol. The number of hydrogen-bond acceptors (Lipinski definition) is 8. The molecule has 0 saturated carbocycles. The van der Waals surface area contributed by atoms with Crippen LogP contribution >= 0.6 is 0 Å². The van der Waals surface area contributed by atoms with E-state index < -0.39 is 0 Å². The minimum atomic E-state index is 0.0301. The molecule has 1 atom stereocenters. The first-order valence-corrected chi connectivity index (χ1v) is 17.5. The fraction of sp³-hybridized carbons (Fsp3) is 0.341. The van der Waals surface area contributed by atoms with Gasteiger partial charge in [-0.05, 0) is 73.1 Å². The lowest BCUT2D eigenvalue weighted by Crippen LogP contribution is -2.15. The van der Waals surface area contributed by atoms with Crippen molar-refractivity contribution in [1.82, 2.24) is 4.98 Å². The van der Waals surface area contributed by atoms with Crippen molar-refractivity contribution < 1.29 is 33.2 Å². The molecule has 2 bridgehead atoms. The van der Waals surface area contributed by atoms with E-state index in [0.29, 0.717) is 19.3 Å². The Balaban J connectivity index is 0.00000120. The van der Waals surface area contributed by atoms with Crippen LogP contribution in [0.3, 0.4) is 0 Å². The summed E-state index contributed by atoms with van der Waals surface area (Å²) in [6.07, 6.45) is 18.4. The van der Waals surface area contributed by atoms with Crippen LogP contribution in [-0.2, 0) is 28.8 Å². The van der Waals surface area contributed by atoms with Gasteiger partial charge in [-0.3, -0.25) is 9.59 Å². The van der Waals surface area contributed by atoms with Gasteiger partial charge in [-0.15, -0.1) is 0 Å². The van der Waals surface area contributed by atoms with Crippen molar-refractivity contribution in [3.8, 4) is 11.1 Å². The Morgan fingerprint density at radius 3 is 2.61 bits per heavy atom. The molecule has 0 saturated heterocycles. The van der Waals surface area contributed by atoms with Crippen LogP contribution in [0.1, 0.15) is 82.5 Å². The first-order valence-electron chi connectivity index (χ1n) is 17.5. The van der Waals surface area contributed by atoms with Crippen LogP contribution in [0, 0.1) is 0 Å². The molecule has 2 N–H and O–H groups in total. The number of nitrogens with one attached hydrogen (secondary N) is 2. The summed E-state index contributed by atoms with van der Waals surface area (Å²) in [7, 11) is 4.71. The van der Waals surface area contributed by atoms with E-state index in [4.69, 9.17) is 19.1 Å². The third kappa shape index (κ3) is 8.95. The van der Waals surface area contributed by atoms with Crippen molar-refractivity contribution in [2.45, 2.75) is 71.1 Å². The Labute approximate surface area is 300 Å². The average Bonchev–Trinajstić information content (AvgIpc) is 3.64. The predicted molar refractivity (Wildman–Crippen MR) is 199 cm³/mol. The normalized spacial score (nSPS) is 17.8. The minimum Gasteiger partial charge on any atom is -0.471 e. The number of anilines is 2. The molecule has 0 radical (unpaired) electrons. The van der Waals surface area contributed by atoms with E-state index in [2.05, 4.69) is 87.3 Å². The maximum atomic E-state index is 13.1. The molecule has 6 rings (SSSR count). The third-order valence-corrected chi connectivity index (χ3v) is 9.37. The van der Waals surface area contributed by atoms with Gasteiger partial charge in [0.25, 0.3) is 18.5 Å². The standard InChI is InChI=1S/C39H43N3O5.C2H4O2/c1-5-26-14-17-33(37-23-41-25-45-37)35(20-26)29-15-18-34(38(6-2)47(24-29)46-44-4)31-12-7-8-13-39(43)42-36-22-30(40-3)16-19-32(36)28-11-9-10-27(31)21-28;1-4-2-3/h9-11,15-16,18-25,31,40H,5-8,12-14,17H2,1-4H3;2H,1H3/p+1.